The summed E-state index contributed by atoms with van der Waals surface area (Å²) in [5.41, 5.74) is -0.547. The molecule has 0 unspecified atom stereocenters. The van der Waals surface area contributed by atoms with Gasteiger partial charge in [0.25, 0.3) is 0 Å². The van der Waals surface area contributed by atoms with Gasteiger partial charge in [-0.2, -0.15) is 0 Å². The second kappa shape index (κ2) is 6.19. The summed E-state index contributed by atoms with van der Waals surface area (Å²) >= 11 is 0. The zero-order valence-corrected chi connectivity index (χ0v) is 14.7. The van der Waals surface area contributed by atoms with Crippen LogP contribution in [0.2, 0.25) is 0 Å². The second-order valence-corrected chi connectivity index (χ2v) is 8.86. The van der Waals surface area contributed by atoms with Crippen LogP contribution in [0.4, 0.5) is 0 Å². The van der Waals surface area contributed by atoms with E-state index in [0.29, 0.717) is 5.56 Å². The van der Waals surface area contributed by atoms with Gasteiger partial charge in [0, 0.05) is 5.54 Å². The molecule has 0 bridgehead atoms. The lowest BCUT2D eigenvalue weighted by molar-refractivity contribution is 0.287. The average molecular weight is 329 g/mol. The molecule has 0 aromatic heterocycles. The first-order valence-electron chi connectivity index (χ1n) is 6.94. The Bertz CT molecular complexity index is 630. The van der Waals surface area contributed by atoms with Crippen molar-refractivity contribution in [2.45, 2.75) is 57.4 Å². The van der Waals surface area contributed by atoms with Crippen molar-refractivity contribution in [3.8, 4) is 5.75 Å². The first-order chi connectivity index (χ1) is 9.72. The van der Waals surface area contributed by atoms with Gasteiger partial charge in [0.05, 0.1) is 4.90 Å². The van der Waals surface area contributed by atoms with Gasteiger partial charge < -0.3 is 14.7 Å². The van der Waals surface area contributed by atoms with Crippen LogP contribution in [0, 0.1) is 0 Å². The van der Waals surface area contributed by atoms with Crippen LogP contribution in [0.5, 0.6) is 5.75 Å². The minimum Gasteiger partial charge on any atom is -0.512 e. The number of hydrogen-bond donors (Lipinski definition) is 3. The molecule has 0 heterocycles. The predicted molar refractivity (Wildman–Crippen MR) is 86.0 cm³/mol. The van der Waals surface area contributed by atoms with Crippen molar-refractivity contribution in [1.82, 2.24) is 4.72 Å². The average Bonchev–Trinajstić information content (AvgIpc) is 2.23. The zero-order valence-electron chi connectivity index (χ0n) is 13.8. The Morgan fingerprint density at radius 2 is 1.64 bits per heavy atom. The molecular weight excluding hydrogens is 305 g/mol. The third-order valence-corrected chi connectivity index (χ3v) is 4.55. The molecule has 0 saturated heterocycles. The van der Waals surface area contributed by atoms with Crippen molar-refractivity contribution < 1.29 is 23.1 Å². The highest BCUT2D eigenvalue weighted by Crippen LogP contribution is 2.32. The summed E-state index contributed by atoms with van der Waals surface area (Å²) in [6.07, 6.45) is 0. The topological polar surface area (TPSA) is 95.9 Å². The fourth-order valence-corrected chi connectivity index (χ4v) is 3.80. The van der Waals surface area contributed by atoms with E-state index in [-0.39, 0.29) is 10.6 Å². The second-order valence-electron chi connectivity index (χ2n) is 7.21. The summed E-state index contributed by atoms with van der Waals surface area (Å²) in [4.78, 5) is 0.148. The molecule has 0 fully saturated rings. The Balaban J connectivity index is 3.42. The molecular formula is C14H24BNO5S. The molecule has 0 radical (unpaired) electrons. The minimum absolute atomic E-state index is 0.148. The molecule has 8 heteroatoms. The van der Waals surface area contributed by atoms with E-state index in [0.717, 1.165) is 0 Å². The van der Waals surface area contributed by atoms with Gasteiger partial charge in [-0.3, -0.25) is 0 Å². The van der Waals surface area contributed by atoms with E-state index in [2.05, 4.69) is 4.72 Å². The van der Waals surface area contributed by atoms with Crippen LogP contribution in [0.3, 0.4) is 0 Å². The van der Waals surface area contributed by atoms with Crippen molar-refractivity contribution in [3.63, 3.8) is 0 Å². The molecule has 0 aliphatic rings. The molecule has 3 N–H and O–H groups in total. The standard InChI is InChI=1S/C14H24BNO5S/c1-13(2,3)11-9-10(21-15(17)18)7-8-12(11)22(19,20)16-14(4,5)6/h7-9,16-18H,1-6H3. The Morgan fingerprint density at radius 1 is 1.09 bits per heavy atom. The monoisotopic (exact) mass is 329 g/mol. The highest BCUT2D eigenvalue weighted by Gasteiger charge is 2.29. The van der Waals surface area contributed by atoms with Gasteiger partial charge in [-0.1, -0.05) is 20.8 Å². The summed E-state index contributed by atoms with van der Waals surface area (Å²) in [6, 6.07) is 4.31. The number of sulfonamides is 1. The number of hydrogen-bond acceptors (Lipinski definition) is 5. The Labute approximate surface area is 132 Å². The van der Waals surface area contributed by atoms with Crippen molar-refractivity contribution in [2.75, 3.05) is 0 Å². The van der Waals surface area contributed by atoms with Crippen LogP contribution in [-0.4, -0.2) is 31.3 Å². The largest absolute Gasteiger partial charge is 0.707 e. The molecule has 1 aromatic carbocycles. The van der Waals surface area contributed by atoms with E-state index in [1.54, 1.807) is 20.8 Å². The summed E-state index contributed by atoms with van der Waals surface area (Å²) < 4.78 is 32.6. The van der Waals surface area contributed by atoms with Gasteiger partial charge in [-0.25, -0.2) is 13.1 Å². The molecule has 0 aliphatic carbocycles. The van der Waals surface area contributed by atoms with Crippen LogP contribution in [0.15, 0.2) is 23.1 Å². The normalized spacial score (nSPS) is 13.1. The summed E-state index contributed by atoms with van der Waals surface area (Å²) in [7, 11) is -5.66. The molecule has 0 spiro atoms. The van der Waals surface area contributed by atoms with Crippen molar-refractivity contribution >= 4 is 17.3 Å². The zero-order chi connectivity index (χ0) is 17.3. The Kier molecular flexibility index (Phi) is 5.34. The van der Waals surface area contributed by atoms with Crippen molar-refractivity contribution in [3.05, 3.63) is 23.8 Å². The highest BCUT2D eigenvalue weighted by atomic mass is 32.2. The van der Waals surface area contributed by atoms with E-state index < -0.39 is 28.3 Å². The van der Waals surface area contributed by atoms with Crippen LogP contribution in [-0.2, 0) is 15.4 Å². The Morgan fingerprint density at radius 3 is 2.05 bits per heavy atom. The molecule has 6 nitrogen and oxygen atoms in total. The van der Waals surface area contributed by atoms with Gasteiger partial charge >= 0.3 is 7.32 Å². The molecule has 0 amide bonds. The Hall–Kier alpha value is -1.09. The first kappa shape index (κ1) is 19.0. The first-order valence-corrected chi connectivity index (χ1v) is 8.42. The molecule has 124 valence electrons. The van der Waals surface area contributed by atoms with Gasteiger partial charge in [0.2, 0.25) is 10.0 Å². The van der Waals surface area contributed by atoms with E-state index in [1.165, 1.54) is 18.2 Å². The van der Waals surface area contributed by atoms with Crippen LogP contribution < -0.4 is 9.38 Å². The van der Waals surface area contributed by atoms with E-state index in [4.69, 9.17) is 14.7 Å². The van der Waals surface area contributed by atoms with Gasteiger partial charge in [0.1, 0.15) is 5.75 Å². The van der Waals surface area contributed by atoms with Gasteiger partial charge in [-0.05, 0) is 49.9 Å². The predicted octanol–water partition coefficient (Wildman–Crippen LogP) is 1.41. The number of rotatable bonds is 4. The van der Waals surface area contributed by atoms with Crippen molar-refractivity contribution in [1.29, 1.82) is 0 Å². The van der Waals surface area contributed by atoms with E-state index in [9.17, 15) is 8.42 Å². The highest BCUT2D eigenvalue weighted by molar-refractivity contribution is 7.89. The maximum Gasteiger partial charge on any atom is 0.707 e. The molecule has 0 aliphatic heterocycles. The van der Waals surface area contributed by atoms with Gasteiger partial charge in [-0.15, -0.1) is 0 Å². The minimum atomic E-state index is -3.71. The molecule has 22 heavy (non-hydrogen) atoms. The fourth-order valence-electron chi connectivity index (χ4n) is 1.98. The lowest BCUT2D eigenvalue weighted by Gasteiger charge is -2.26. The quantitative estimate of drug-likeness (QED) is 0.726. The summed E-state index contributed by atoms with van der Waals surface area (Å²) in [5, 5.41) is 17.8. The lowest BCUT2D eigenvalue weighted by atomic mass is 9.87. The third-order valence-electron chi connectivity index (χ3n) is 2.73. The smallest absolute Gasteiger partial charge is 0.512 e. The SMILES string of the molecule is CC(C)(C)NS(=O)(=O)c1ccc(OB(O)O)cc1C(C)(C)C. The van der Waals surface area contributed by atoms with Crippen molar-refractivity contribution in [2.24, 2.45) is 0 Å². The van der Waals surface area contributed by atoms with Gasteiger partial charge in [0.15, 0.2) is 0 Å². The van der Waals surface area contributed by atoms with E-state index in [1.807, 2.05) is 20.8 Å². The molecule has 0 saturated carbocycles. The lowest BCUT2D eigenvalue weighted by Crippen LogP contribution is -2.41. The fraction of sp³-hybridized carbons (Fsp3) is 0.571. The maximum absolute atomic E-state index is 12.6. The van der Waals surface area contributed by atoms with Crippen LogP contribution >= 0.6 is 0 Å². The third kappa shape index (κ3) is 5.28. The summed E-state index contributed by atoms with van der Waals surface area (Å²) in [5.74, 6) is 0.189. The summed E-state index contributed by atoms with van der Waals surface area (Å²) in [6.45, 7) is 10.9. The molecule has 0 atom stereocenters. The van der Waals surface area contributed by atoms with Crippen LogP contribution in [0.25, 0.3) is 0 Å². The molecule has 1 aromatic rings. The number of nitrogens with one attached hydrogen (secondary N) is 1. The molecule has 1 rings (SSSR count). The maximum atomic E-state index is 12.6. The van der Waals surface area contributed by atoms with Crippen LogP contribution in [0.1, 0.15) is 47.1 Å². The number of benzene rings is 1. The van der Waals surface area contributed by atoms with E-state index >= 15 is 0 Å².